The van der Waals surface area contributed by atoms with Crippen molar-refractivity contribution in [1.82, 2.24) is 14.4 Å². The summed E-state index contributed by atoms with van der Waals surface area (Å²) in [5, 5.41) is 0. The third kappa shape index (κ3) is 3.78. The van der Waals surface area contributed by atoms with Crippen LogP contribution in [-0.2, 0) is 11.3 Å². The van der Waals surface area contributed by atoms with Gasteiger partial charge >= 0.3 is 0 Å². The molecule has 2 bridgehead atoms. The number of fused-ring (bicyclic) bond motifs is 4. The van der Waals surface area contributed by atoms with Gasteiger partial charge in [0.1, 0.15) is 5.75 Å². The number of hydrogen-bond acceptors (Lipinski definition) is 4. The monoisotopic (exact) mass is 421 g/mol. The molecule has 5 rings (SSSR count). The molecule has 1 aromatic heterocycles. The molecule has 2 saturated heterocycles. The van der Waals surface area contributed by atoms with Crippen LogP contribution in [0.2, 0.25) is 0 Å². The summed E-state index contributed by atoms with van der Waals surface area (Å²) in [7, 11) is 1.65. The predicted octanol–water partition coefficient (Wildman–Crippen LogP) is 2.95. The Bertz CT molecular complexity index is 1020. The molecule has 3 aliphatic rings. The fourth-order valence-corrected chi connectivity index (χ4v) is 5.82. The number of rotatable bonds is 3. The Balaban J connectivity index is 1.36. The Morgan fingerprint density at radius 1 is 1.00 bits per heavy atom. The van der Waals surface area contributed by atoms with Crippen LogP contribution < -0.4 is 10.3 Å². The summed E-state index contributed by atoms with van der Waals surface area (Å²) in [5.41, 5.74) is 3.01. The minimum Gasteiger partial charge on any atom is -0.497 e. The highest BCUT2D eigenvalue weighted by molar-refractivity contribution is 5.73. The summed E-state index contributed by atoms with van der Waals surface area (Å²) >= 11 is 0. The number of aromatic nitrogens is 1. The first-order valence-electron chi connectivity index (χ1n) is 11.4. The van der Waals surface area contributed by atoms with Gasteiger partial charge in [0.2, 0.25) is 5.91 Å². The second-order valence-electron chi connectivity index (χ2n) is 9.31. The topological polar surface area (TPSA) is 54.8 Å². The van der Waals surface area contributed by atoms with Crippen LogP contribution >= 0.6 is 0 Å². The van der Waals surface area contributed by atoms with Gasteiger partial charge in [0.15, 0.2) is 0 Å². The fraction of sp³-hybridized carbons (Fsp3) is 0.520. The molecule has 1 aromatic carbocycles. The number of pyridine rings is 1. The third-order valence-electron chi connectivity index (χ3n) is 7.46. The number of benzene rings is 1. The highest BCUT2D eigenvalue weighted by Crippen LogP contribution is 2.37. The largest absolute Gasteiger partial charge is 0.497 e. The number of carbonyl (C=O) groups excluding carboxylic acids is 1. The standard InChI is InChI=1S/C25H31N3O3/c1-17(29)26-11-9-21(10-12-26)27-14-18-13-20(16-27)24-8-7-23(25(30)28(24)15-18)19-3-5-22(31-2)6-4-19/h3-8,18,20-21H,9-16H2,1-2H3/t18-,20+/m0/s1. The van der Waals surface area contributed by atoms with Crippen molar-refractivity contribution < 1.29 is 9.53 Å². The van der Waals surface area contributed by atoms with E-state index in [0.29, 0.717) is 17.9 Å². The van der Waals surface area contributed by atoms with E-state index in [-0.39, 0.29) is 11.5 Å². The van der Waals surface area contributed by atoms with Gasteiger partial charge in [-0.3, -0.25) is 14.5 Å². The lowest BCUT2D eigenvalue weighted by molar-refractivity contribution is -0.130. The molecule has 31 heavy (non-hydrogen) atoms. The van der Waals surface area contributed by atoms with Gasteiger partial charge in [-0.05, 0) is 55.0 Å². The number of amides is 1. The average molecular weight is 422 g/mol. The molecule has 0 spiro atoms. The number of carbonyl (C=O) groups is 1. The average Bonchev–Trinajstić information content (AvgIpc) is 2.80. The van der Waals surface area contributed by atoms with Crippen LogP contribution in [0.5, 0.6) is 5.75 Å². The minimum absolute atomic E-state index is 0.126. The first-order valence-corrected chi connectivity index (χ1v) is 11.4. The molecule has 2 aromatic rings. The molecule has 0 aliphatic carbocycles. The lowest BCUT2D eigenvalue weighted by atomic mass is 9.81. The molecular formula is C25H31N3O3. The molecule has 4 heterocycles. The van der Waals surface area contributed by atoms with Crippen molar-refractivity contribution in [1.29, 1.82) is 0 Å². The minimum atomic E-state index is 0.126. The number of piperidine rings is 2. The van der Waals surface area contributed by atoms with Crippen molar-refractivity contribution in [3.63, 3.8) is 0 Å². The summed E-state index contributed by atoms with van der Waals surface area (Å²) in [6, 6.07) is 12.5. The van der Waals surface area contributed by atoms with Crippen LogP contribution in [-0.4, -0.2) is 59.6 Å². The van der Waals surface area contributed by atoms with Gasteiger partial charge < -0.3 is 14.2 Å². The van der Waals surface area contributed by atoms with E-state index in [2.05, 4.69) is 11.0 Å². The van der Waals surface area contributed by atoms with Gasteiger partial charge in [-0.25, -0.2) is 0 Å². The van der Waals surface area contributed by atoms with Gasteiger partial charge in [0.25, 0.3) is 5.56 Å². The van der Waals surface area contributed by atoms with Crippen molar-refractivity contribution in [2.45, 2.75) is 44.7 Å². The van der Waals surface area contributed by atoms with Crippen molar-refractivity contribution in [3.8, 4) is 16.9 Å². The van der Waals surface area contributed by atoms with Crippen LogP contribution in [0.1, 0.15) is 37.8 Å². The lowest BCUT2D eigenvalue weighted by Gasteiger charge is -2.47. The number of ether oxygens (including phenoxy) is 1. The van der Waals surface area contributed by atoms with Gasteiger partial charge in [-0.2, -0.15) is 0 Å². The maximum Gasteiger partial charge on any atom is 0.258 e. The second-order valence-corrected chi connectivity index (χ2v) is 9.31. The Morgan fingerprint density at radius 2 is 1.74 bits per heavy atom. The first-order chi connectivity index (χ1) is 15.0. The summed E-state index contributed by atoms with van der Waals surface area (Å²) in [4.78, 5) is 29.6. The molecule has 6 heteroatoms. The van der Waals surface area contributed by atoms with E-state index in [1.807, 2.05) is 39.8 Å². The zero-order chi connectivity index (χ0) is 21.5. The van der Waals surface area contributed by atoms with Crippen LogP contribution in [0.4, 0.5) is 0 Å². The smallest absolute Gasteiger partial charge is 0.258 e. The fourth-order valence-electron chi connectivity index (χ4n) is 5.82. The lowest BCUT2D eigenvalue weighted by Crippen LogP contribution is -2.53. The summed E-state index contributed by atoms with van der Waals surface area (Å²) in [5.74, 6) is 1.91. The maximum atomic E-state index is 13.4. The van der Waals surface area contributed by atoms with Gasteiger partial charge in [-0.15, -0.1) is 0 Å². The first kappa shape index (κ1) is 20.3. The molecule has 164 valence electrons. The van der Waals surface area contributed by atoms with E-state index in [0.717, 1.165) is 62.4 Å². The Labute approximate surface area is 183 Å². The van der Waals surface area contributed by atoms with Gasteiger partial charge in [0.05, 0.1) is 7.11 Å². The van der Waals surface area contributed by atoms with E-state index in [1.54, 1.807) is 14.0 Å². The zero-order valence-corrected chi connectivity index (χ0v) is 18.4. The molecule has 1 amide bonds. The zero-order valence-electron chi connectivity index (χ0n) is 18.4. The van der Waals surface area contributed by atoms with E-state index in [1.165, 1.54) is 12.1 Å². The van der Waals surface area contributed by atoms with Crippen LogP contribution in [0.25, 0.3) is 11.1 Å². The van der Waals surface area contributed by atoms with Crippen LogP contribution in [0, 0.1) is 5.92 Å². The number of likely N-dealkylation sites (tertiary alicyclic amines) is 2. The number of hydrogen-bond donors (Lipinski definition) is 0. The van der Waals surface area contributed by atoms with Crippen molar-refractivity contribution >= 4 is 5.91 Å². The van der Waals surface area contributed by atoms with Crippen molar-refractivity contribution in [2.24, 2.45) is 5.92 Å². The summed E-state index contributed by atoms with van der Waals surface area (Å²) in [6.07, 6.45) is 3.29. The van der Waals surface area contributed by atoms with E-state index in [9.17, 15) is 9.59 Å². The van der Waals surface area contributed by atoms with Crippen molar-refractivity contribution in [2.75, 3.05) is 33.3 Å². The van der Waals surface area contributed by atoms with Gasteiger partial charge in [0, 0.05) is 62.9 Å². The molecule has 0 saturated carbocycles. The normalized spacial score (nSPS) is 24.0. The quantitative estimate of drug-likeness (QED) is 0.765. The highest BCUT2D eigenvalue weighted by atomic mass is 16.5. The van der Waals surface area contributed by atoms with E-state index < -0.39 is 0 Å². The van der Waals surface area contributed by atoms with Crippen molar-refractivity contribution in [3.05, 3.63) is 52.4 Å². The van der Waals surface area contributed by atoms with Gasteiger partial charge in [-0.1, -0.05) is 12.1 Å². The molecule has 0 N–H and O–H groups in total. The molecule has 2 atom stereocenters. The maximum absolute atomic E-state index is 13.4. The third-order valence-corrected chi connectivity index (χ3v) is 7.46. The molecular weight excluding hydrogens is 390 g/mol. The molecule has 6 nitrogen and oxygen atoms in total. The Hall–Kier alpha value is -2.60. The van der Waals surface area contributed by atoms with Crippen LogP contribution in [0.15, 0.2) is 41.2 Å². The van der Waals surface area contributed by atoms with E-state index >= 15 is 0 Å². The number of nitrogens with zero attached hydrogens (tertiary/aromatic N) is 3. The SMILES string of the molecule is COc1ccc(-c2ccc3n(c2=O)C[C@H]2C[C@@H]3CN(C3CCN(C(C)=O)CC3)C2)cc1. The summed E-state index contributed by atoms with van der Waals surface area (Å²) < 4.78 is 7.28. The molecule has 0 radical (unpaired) electrons. The van der Waals surface area contributed by atoms with E-state index in [4.69, 9.17) is 4.74 Å². The predicted molar refractivity (Wildman–Crippen MR) is 120 cm³/mol. The Kier molecular flexibility index (Phi) is 5.34. The second kappa shape index (κ2) is 8.15. The Morgan fingerprint density at radius 3 is 2.42 bits per heavy atom. The molecule has 2 fully saturated rings. The highest BCUT2D eigenvalue weighted by Gasteiger charge is 2.38. The number of methoxy groups -OCH3 is 1. The van der Waals surface area contributed by atoms with Crippen LogP contribution in [0.3, 0.4) is 0 Å². The molecule has 3 aliphatic heterocycles. The summed E-state index contributed by atoms with van der Waals surface area (Å²) in [6.45, 7) is 6.28. The molecule has 0 unspecified atom stereocenters.